The van der Waals surface area contributed by atoms with Gasteiger partial charge in [0.15, 0.2) is 5.76 Å². The highest BCUT2D eigenvalue weighted by Crippen LogP contribution is 2.19. The lowest BCUT2D eigenvalue weighted by molar-refractivity contribution is -0.119. The number of carbonyl (C=O) groups excluding carboxylic acids is 2. The number of fused-ring (bicyclic) bond motifs is 1. The minimum Gasteiger partial charge on any atom is -0.453 e. The summed E-state index contributed by atoms with van der Waals surface area (Å²) in [4.78, 5) is 25.1. The van der Waals surface area contributed by atoms with Crippen molar-refractivity contribution in [1.29, 1.82) is 0 Å². The molecule has 0 saturated carbocycles. The van der Waals surface area contributed by atoms with Crippen LogP contribution in [0.3, 0.4) is 0 Å². The van der Waals surface area contributed by atoms with Gasteiger partial charge in [0.25, 0.3) is 0 Å². The van der Waals surface area contributed by atoms with Crippen molar-refractivity contribution in [3.8, 4) is 0 Å². The summed E-state index contributed by atoms with van der Waals surface area (Å²) >= 11 is 0. The summed E-state index contributed by atoms with van der Waals surface area (Å²) in [6.45, 7) is 2.96. The highest BCUT2D eigenvalue weighted by atomic mass is 16.3. The van der Waals surface area contributed by atoms with Gasteiger partial charge in [-0.3, -0.25) is 14.5 Å². The molecule has 1 amide bonds. The van der Waals surface area contributed by atoms with E-state index in [1.165, 1.54) is 0 Å². The van der Waals surface area contributed by atoms with E-state index < -0.39 is 5.91 Å². The molecule has 0 atom stereocenters. The highest BCUT2D eigenvalue weighted by molar-refractivity contribution is 5.99. The summed E-state index contributed by atoms with van der Waals surface area (Å²) < 4.78 is 5.55. The number of primary amides is 1. The summed E-state index contributed by atoms with van der Waals surface area (Å²) in [7, 11) is 0. The number of hydrogen-bond acceptors (Lipinski definition) is 4. The molecule has 0 saturated heterocycles. The maximum atomic E-state index is 12.3. The molecule has 5 nitrogen and oxygen atoms in total. The summed E-state index contributed by atoms with van der Waals surface area (Å²) in [5.41, 5.74) is 5.92. The smallest absolute Gasteiger partial charge is 0.231 e. The van der Waals surface area contributed by atoms with E-state index in [1.54, 1.807) is 11.0 Å². The molecule has 2 N–H and O–H groups in total. The van der Waals surface area contributed by atoms with Crippen molar-refractivity contribution in [2.75, 3.05) is 19.6 Å². The lowest BCUT2D eigenvalue weighted by Crippen LogP contribution is -2.37. The number of furan rings is 1. The standard InChI is InChI=1S/C16H20N2O3/c1-2-3-8-18(11-16(17)20)10-13(19)15-9-12-6-4-5-7-14(12)21-15/h4-7,9H,2-3,8,10-11H2,1H3,(H2,17,20). The van der Waals surface area contributed by atoms with E-state index in [9.17, 15) is 9.59 Å². The third kappa shape index (κ3) is 4.16. The minimum absolute atomic E-state index is 0.0893. The van der Waals surface area contributed by atoms with E-state index in [1.807, 2.05) is 24.3 Å². The van der Waals surface area contributed by atoms with Crippen molar-refractivity contribution in [2.24, 2.45) is 5.73 Å². The van der Waals surface area contributed by atoms with Gasteiger partial charge in [0, 0.05) is 5.39 Å². The van der Waals surface area contributed by atoms with Crippen molar-refractivity contribution in [1.82, 2.24) is 4.90 Å². The molecule has 0 bridgehead atoms. The Morgan fingerprint density at radius 3 is 2.67 bits per heavy atom. The maximum absolute atomic E-state index is 12.3. The number of nitrogens with zero attached hydrogens (tertiary/aromatic N) is 1. The zero-order chi connectivity index (χ0) is 15.2. The lowest BCUT2D eigenvalue weighted by atomic mass is 10.2. The maximum Gasteiger partial charge on any atom is 0.231 e. The fraction of sp³-hybridized carbons (Fsp3) is 0.375. The van der Waals surface area contributed by atoms with Crippen LogP contribution < -0.4 is 5.73 Å². The van der Waals surface area contributed by atoms with Crippen molar-refractivity contribution in [3.05, 3.63) is 36.1 Å². The highest BCUT2D eigenvalue weighted by Gasteiger charge is 2.17. The molecule has 0 unspecified atom stereocenters. The quantitative estimate of drug-likeness (QED) is 0.755. The van der Waals surface area contributed by atoms with E-state index in [2.05, 4.69) is 6.92 Å². The third-order valence-corrected chi connectivity index (χ3v) is 3.27. The Hall–Kier alpha value is -2.14. The number of benzene rings is 1. The van der Waals surface area contributed by atoms with Crippen LogP contribution in [0.25, 0.3) is 11.0 Å². The molecule has 112 valence electrons. The average Bonchev–Trinajstić information content (AvgIpc) is 2.88. The monoisotopic (exact) mass is 288 g/mol. The van der Waals surface area contributed by atoms with Gasteiger partial charge in [0.2, 0.25) is 11.7 Å². The van der Waals surface area contributed by atoms with Crippen LogP contribution in [0.2, 0.25) is 0 Å². The third-order valence-electron chi connectivity index (χ3n) is 3.27. The Labute approximate surface area is 123 Å². The average molecular weight is 288 g/mol. The van der Waals surface area contributed by atoms with Crippen molar-refractivity contribution < 1.29 is 14.0 Å². The van der Waals surface area contributed by atoms with Crippen molar-refractivity contribution in [2.45, 2.75) is 19.8 Å². The molecule has 0 aliphatic rings. The first-order valence-corrected chi connectivity index (χ1v) is 7.12. The number of hydrogen-bond donors (Lipinski definition) is 1. The summed E-state index contributed by atoms with van der Waals surface area (Å²) in [6.07, 6.45) is 1.91. The largest absolute Gasteiger partial charge is 0.453 e. The molecule has 0 aliphatic carbocycles. The van der Waals surface area contributed by atoms with Gasteiger partial charge in [0.05, 0.1) is 13.1 Å². The summed E-state index contributed by atoms with van der Waals surface area (Å²) in [5, 5.41) is 0.899. The van der Waals surface area contributed by atoms with E-state index in [4.69, 9.17) is 10.2 Å². The summed E-state index contributed by atoms with van der Waals surface area (Å²) in [6, 6.07) is 9.21. The SMILES string of the molecule is CCCCN(CC(N)=O)CC(=O)c1cc2ccccc2o1. The predicted octanol–water partition coefficient (Wildman–Crippen LogP) is 2.20. The number of nitrogens with two attached hydrogens (primary N) is 1. The molecule has 5 heteroatoms. The van der Waals surface area contributed by atoms with Gasteiger partial charge in [-0.2, -0.15) is 0 Å². The van der Waals surface area contributed by atoms with E-state index >= 15 is 0 Å². The second-order valence-corrected chi connectivity index (χ2v) is 5.10. The Morgan fingerprint density at radius 1 is 1.24 bits per heavy atom. The molecule has 1 aromatic heterocycles. The number of unbranched alkanes of at least 4 members (excludes halogenated alkanes) is 1. The van der Waals surface area contributed by atoms with Gasteiger partial charge >= 0.3 is 0 Å². The van der Waals surface area contributed by atoms with Gasteiger partial charge in [0.1, 0.15) is 5.58 Å². The molecular formula is C16H20N2O3. The number of carbonyl (C=O) groups is 2. The van der Waals surface area contributed by atoms with E-state index in [0.29, 0.717) is 17.9 Å². The zero-order valence-electron chi connectivity index (χ0n) is 12.2. The van der Waals surface area contributed by atoms with E-state index in [0.717, 1.165) is 18.2 Å². The second-order valence-electron chi connectivity index (χ2n) is 5.10. The summed E-state index contributed by atoms with van der Waals surface area (Å²) in [5.74, 6) is -0.241. The second kappa shape index (κ2) is 7.04. The van der Waals surface area contributed by atoms with Gasteiger partial charge in [-0.05, 0) is 25.1 Å². The minimum atomic E-state index is -0.427. The van der Waals surface area contributed by atoms with Crippen LogP contribution in [-0.2, 0) is 4.79 Å². The first-order chi connectivity index (χ1) is 10.1. The van der Waals surface area contributed by atoms with Gasteiger partial charge in [-0.1, -0.05) is 31.5 Å². The number of amides is 1. The Morgan fingerprint density at radius 2 is 2.00 bits per heavy atom. The number of Topliss-reactive ketones (excluding diaryl/α,β-unsaturated/α-hetero) is 1. The molecule has 1 aromatic carbocycles. The van der Waals surface area contributed by atoms with Crippen LogP contribution in [0.1, 0.15) is 30.3 Å². The first-order valence-electron chi connectivity index (χ1n) is 7.12. The van der Waals surface area contributed by atoms with Crippen molar-refractivity contribution >= 4 is 22.7 Å². The zero-order valence-corrected chi connectivity index (χ0v) is 12.2. The van der Waals surface area contributed by atoms with Crippen LogP contribution in [0, 0.1) is 0 Å². The molecule has 0 radical (unpaired) electrons. The molecule has 0 aliphatic heterocycles. The van der Waals surface area contributed by atoms with Crippen LogP contribution in [-0.4, -0.2) is 36.2 Å². The fourth-order valence-corrected chi connectivity index (χ4v) is 2.22. The van der Waals surface area contributed by atoms with Gasteiger partial charge < -0.3 is 10.2 Å². The number of ketones is 1. The molecule has 0 fully saturated rings. The lowest BCUT2D eigenvalue weighted by Gasteiger charge is -2.18. The molecular weight excluding hydrogens is 268 g/mol. The molecule has 0 spiro atoms. The predicted molar refractivity (Wildman–Crippen MR) is 81.1 cm³/mol. The molecule has 1 heterocycles. The van der Waals surface area contributed by atoms with Gasteiger partial charge in [-0.15, -0.1) is 0 Å². The Bertz CT molecular complexity index is 600. The topological polar surface area (TPSA) is 76.5 Å². The van der Waals surface area contributed by atoms with Crippen molar-refractivity contribution in [3.63, 3.8) is 0 Å². The molecule has 2 aromatic rings. The number of rotatable bonds is 8. The fourth-order valence-electron chi connectivity index (χ4n) is 2.22. The van der Waals surface area contributed by atoms with Crippen LogP contribution in [0.15, 0.2) is 34.7 Å². The van der Waals surface area contributed by atoms with Crippen LogP contribution in [0.5, 0.6) is 0 Å². The van der Waals surface area contributed by atoms with Crippen LogP contribution >= 0.6 is 0 Å². The Kier molecular flexibility index (Phi) is 5.11. The normalized spacial score (nSPS) is 11.1. The molecule has 21 heavy (non-hydrogen) atoms. The Balaban J connectivity index is 2.08. The van der Waals surface area contributed by atoms with Gasteiger partial charge in [-0.25, -0.2) is 0 Å². The van der Waals surface area contributed by atoms with E-state index in [-0.39, 0.29) is 18.9 Å². The van der Waals surface area contributed by atoms with Crippen LogP contribution in [0.4, 0.5) is 0 Å². The molecule has 2 rings (SSSR count). The first kappa shape index (κ1) is 15.3. The number of para-hydroxylation sites is 1.